The number of para-hydroxylation sites is 1. The van der Waals surface area contributed by atoms with Crippen molar-refractivity contribution in [3.05, 3.63) is 246 Å². The Bertz CT molecular complexity index is 3440. The maximum atomic E-state index is 3.35. The average molecular weight is 808 g/mol. The van der Waals surface area contributed by atoms with Gasteiger partial charge in [-0.2, -0.15) is 0 Å². The minimum atomic E-state index is -0.541. The number of anilines is 2. The van der Waals surface area contributed by atoms with Gasteiger partial charge in [0.05, 0.1) is 11.1 Å². The van der Waals surface area contributed by atoms with Crippen LogP contribution in [-0.2, 0) is 5.41 Å². The maximum absolute atomic E-state index is 3.35. The van der Waals surface area contributed by atoms with Gasteiger partial charge in [-0.1, -0.05) is 176 Å². The summed E-state index contributed by atoms with van der Waals surface area (Å²) in [4.78, 5) is 2.57. The molecule has 2 heteroatoms. The van der Waals surface area contributed by atoms with Gasteiger partial charge in [0, 0.05) is 43.5 Å². The van der Waals surface area contributed by atoms with Gasteiger partial charge in [-0.25, -0.2) is 0 Å². The van der Waals surface area contributed by atoms with Crippen LogP contribution >= 0.6 is 11.3 Å². The van der Waals surface area contributed by atoms with Crippen molar-refractivity contribution in [1.29, 1.82) is 0 Å². The minimum Gasteiger partial charge on any atom is -0.314 e. The molecule has 0 bridgehead atoms. The number of hydrogen-bond donors (Lipinski definition) is 0. The molecule has 1 atom stereocenters. The molecule has 12 rings (SSSR count). The first-order valence-corrected chi connectivity index (χ1v) is 22.4. The van der Waals surface area contributed by atoms with Crippen LogP contribution < -0.4 is 4.90 Å². The number of benzene rings is 8. The second-order valence-corrected chi connectivity index (χ2v) is 17.5. The fourth-order valence-corrected chi connectivity index (χ4v) is 11.6. The minimum absolute atomic E-state index is 0.541. The van der Waals surface area contributed by atoms with E-state index in [-0.39, 0.29) is 0 Å². The van der Waals surface area contributed by atoms with Gasteiger partial charge in [-0.05, 0) is 122 Å². The molecule has 1 heterocycles. The third-order valence-electron chi connectivity index (χ3n) is 13.2. The van der Waals surface area contributed by atoms with Gasteiger partial charge in [0.1, 0.15) is 0 Å². The Morgan fingerprint density at radius 2 is 1.31 bits per heavy atom. The molecule has 3 aliphatic carbocycles. The lowest BCUT2D eigenvalue weighted by atomic mass is 9.67. The highest BCUT2D eigenvalue weighted by atomic mass is 32.1. The molecule has 0 amide bonds. The first-order valence-electron chi connectivity index (χ1n) is 21.6. The molecule has 1 nitrogen and oxygen atoms in total. The van der Waals surface area contributed by atoms with Crippen LogP contribution in [-0.4, -0.2) is 0 Å². The van der Waals surface area contributed by atoms with Crippen LogP contribution in [0.1, 0.15) is 41.5 Å². The fourth-order valence-electron chi connectivity index (χ4n) is 10.5. The molecular formula is C60H41NS. The Morgan fingerprint density at radius 3 is 2.18 bits per heavy atom. The Labute approximate surface area is 366 Å². The second-order valence-electron chi connectivity index (χ2n) is 16.4. The molecule has 0 N–H and O–H groups in total. The van der Waals surface area contributed by atoms with Crippen molar-refractivity contribution in [2.75, 3.05) is 4.90 Å². The molecule has 0 saturated heterocycles. The highest BCUT2D eigenvalue weighted by Gasteiger charge is 2.47. The van der Waals surface area contributed by atoms with Crippen LogP contribution in [0.4, 0.5) is 11.4 Å². The third kappa shape index (κ3) is 5.70. The van der Waals surface area contributed by atoms with E-state index in [2.05, 4.69) is 223 Å². The molecule has 9 aromatic rings. The van der Waals surface area contributed by atoms with Crippen molar-refractivity contribution < 1.29 is 0 Å². The lowest BCUT2D eigenvalue weighted by Gasteiger charge is -2.36. The fraction of sp³-hybridized carbons (Fsp3) is 0.0667. The summed E-state index contributed by atoms with van der Waals surface area (Å²) >= 11 is 1.88. The van der Waals surface area contributed by atoms with Gasteiger partial charge in [-0.3, -0.25) is 0 Å². The molecule has 0 radical (unpaired) electrons. The zero-order valence-electron chi connectivity index (χ0n) is 34.2. The van der Waals surface area contributed by atoms with Crippen molar-refractivity contribution >= 4 is 59.2 Å². The zero-order valence-corrected chi connectivity index (χ0v) is 35.0. The van der Waals surface area contributed by atoms with Crippen molar-refractivity contribution in [3.63, 3.8) is 0 Å². The largest absolute Gasteiger partial charge is 0.314 e. The SMILES string of the molecule is C1#CCC=C(C2(c3ccccc3)c3ccccc3-c3ccc(N(C4=CC=C(c5ccccc5)CC4)c4ccccc4-c4cccc5ccc6sc7ccccc7c6c45)cc32)C=C1. The summed E-state index contributed by atoms with van der Waals surface area (Å²) in [6.45, 7) is 0. The number of rotatable bonds is 7. The van der Waals surface area contributed by atoms with Crippen LogP contribution in [0, 0.1) is 11.8 Å². The lowest BCUT2D eigenvalue weighted by molar-refractivity contribution is 0.763. The van der Waals surface area contributed by atoms with Crippen molar-refractivity contribution in [1.82, 2.24) is 0 Å². The Balaban J connectivity index is 1.13. The lowest BCUT2D eigenvalue weighted by Crippen LogP contribution is -2.29. The van der Waals surface area contributed by atoms with Crippen LogP contribution in [0.2, 0.25) is 0 Å². The predicted octanol–water partition coefficient (Wildman–Crippen LogP) is 16.0. The van der Waals surface area contributed by atoms with Crippen LogP contribution in [0.25, 0.3) is 58.8 Å². The Morgan fingerprint density at radius 1 is 0.548 bits per heavy atom. The van der Waals surface area contributed by atoms with Gasteiger partial charge in [0.2, 0.25) is 0 Å². The van der Waals surface area contributed by atoms with E-state index in [0.717, 1.165) is 18.5 Å². The maximum Gasteiger partial charge on any atom is 0.0711 e. The molecule has 0 spiro atoms. The number of nitrogens with zero attached hydrogens (tertiary/aromatic N) is 1. The van der Waals surface area contributed by atoms with E-state index >= 15 is 0 Å². The molecule has 1 unspecified atom stereocenters. The summed E-state index contributed by atoms with van der Waals surface area (Å²) < 4.78 is 2.64. The monoisotopic (exact) mass is 807 g/mol. The van der Waals surface area contributed by atoms with Crippen molar-refractivity contribution in [2.24, 2.45) is 0 Å². The number of hydrogen-bond acceptors (Lipinski definition) is 2. The zero-order chi connectivity index (χ0) is 41.0. The Kier molecular flexibility index (Phi) is 8.77. The molecule has 3 aliphatic rings. The smallest absolute Gasteiger partial charge is 0.0711 e. The highest BCUT2D eigenvalue weighted by molar-refractivity contribution is 7.26. The molecule has 292 valence electrons. The highest BCUT2D eigenvalue weighted by Crippen LogP contribution is 2.58. The van der Waals surface area contributed by atoms with E-state index in [1.807, 2.05) is 17.4 Å². The quantitative estimate of drug-likeness (QED) is 0.145. The van der Waals surface area contributed by atoms with Gasteiger partial charge in [0.25, 0.3) is 0 Å². The van der Waals surface area contributed by atoms with E-state index in [1.54, 1.807) is 0 Å². The summed E-state index contributed by atoms with van der Waals surface area (Å²) in [6, 6.07) is 67.6. The van der Waals surface area contributed by atoms with E-state index in [9.17, 15) is 0 Å². The molecule has 62 heavy (non-hydrogen) atoms. The standard InChI is InChI=1S/C60H41NS/c1-2-8-22-44(21-7-1)60(45-23-9-4-10-24-45)53-29-14-11-25-48(53)49-38-37-47(40-54(49)60)61(46-35-32-42(33-36-46)41-18-5-3-6-19-41)55-30-15-12-26-50(55)51-28-17-20-43-34-39-57-59(58(43)51)52-27-13-16-31-56(52)62-57/h3-7,9-32,34-35,37-40H,8,33,36H2. The average Bonchev–Trinajstić information content (AvgIpc) is 3.72. The number of thiophene rings is 1. The van der Waals surface area contributed by atoms with Gasteiger partial charge in [0.15, 0.2) is 0 Å². The molecule has 0 saturated carbocycles. The summed E-state index contributed by atoms with van der Waals surface area (Å²) in [7, 11) is 0. The summed E-state index contributed by atoms with van der Waals surface area (Å²) in [5, 5.41) is 5.21. The number of fused-ring (bicyclic) bond motifs is 8. The van der Waals surface area contributed by atoms with Crippen molar-refractivity contribution in [3.8, 4) is 34.1 Å². The normalized spacial score (nSPS) is 16.5. The van der Waals surface area contributed by atoms with E-state index < -0.39 is 5.41 Å². The van der Waals surface area contributed by atoms with E-state index in [1.165, 1.54) is 98.0 Å². The van der Waals surface area contributed by atoms with Crippen molar-refractivity contribution in [2.45, 2.75) is 24.7 Å². The molecular weight excluding hydrogens is 767 g/mol. The molecule has 0 fully saturated rings. The molecule has 1 aromatic heterocycles. The van der Waals surface area contributed by atoms with E-state index in [4.69, 9.17) is 0 Å². The van der Waals surface area contributed by atoms with Crippen LogP contribution in [0.15, 0.2) is 224 Å². The van der Waals surface area contributed by atoms with Gasteiger partial charge in [-0.15, -0.1) is 11.3 Å². The van der Waals surface area contributed by atoms with Gasteiger partial charge >= 0.3 is 0 Å². The second kappa shape index (κ2) is 14.9. The molecule has 0 aliphatic heterocycles. The van der Waals surface area contributed by atoms with Crippen LogP contribution in [0.5, 0.6) is 0 Å². The number of allylic oxidation sites excluding steroid dienone is 8. The van der Waals surface area contributed by atoms with Gasteiger partial charge < -0.3 is 4.90 Å². The summed E-state index contributed by atoms with van der Waals surface area (Å²) in [5.74, 6) is 6.62. The topological polar surface area (TPSA) is 3.24 Å². The predicted molar refractivity (Wildman–Crippen MR) is 264 cm³/mol. The Hall–Kier alpha value is -7.44. The first kappa shape index (κ1) is 36.4. The van der Waals surface area contributed by atoms with Crippen LogP contribution in [0.3, 0.4) is 0 Å². The summed E-state index contributed by atoms with van der Waals surface area (Å²) in [5.41, 5.74) is 15.8. The molecule has 8 aromatic carbocycles. The first-order chi connectivity index (χ1) is 30.8. The van der Waals surface area contributed by atoms with E-state index in [0.29, 0.717) is 6.42 Å². The third-order valence-corrected chi connectivity index (χ3v) is 14.3. The summed E-state index contributed by atoms with van der Waals surface area (Å²) in [6.07, 6.45) is 13.9.